The Hall–Kier alpha value is -2.49. The maximum Gasteiger partial charge on any atom is 0.151 e. The fraction of sp³-hybridized carbons (Fsp3) is 0.133. The van der Waals surface area contributed by atoms with Crippen molar-refractivity contribution in [2.24, 2.45) is 0 Å². The molecule has 0 aliphatic heterocycles. The molecule has 4 nitrogen and oxygen atoms in total. The summed E-state index contributed by atoms with van der Waals surface area (Å²) in [5, 5.41) is 0. The number of pyridine rings is 1. The molecule has 0 spiro atoms. The van der Waals surface area contributed by atoms with Crippen LogP contribution in [0, 0.1) is 6.92 Å². The third-order valence-electron chi connectivity index (χ3n) is 3.08. The molecule has 0 saturated carbocycles. The van der Waals surface area contributed by atoms with E-state index in [0.29, 0.717) is 12.3 Å². The minimum absolute atomic E-state index is 0.419. The summed E-state index contributed by atoms with van der Waals surface area (Å²) in [6.45, 7) is 2.44. The lowest BCUT2D eigenvalue weighted by molar-refractivity contribution is 0.293. The predicted octanol–water partition coefficient (Wildman–Crippen LogP) is 2.80. The van der Waals surface area contributed by atoms with E-state index in [0.717, 1.165) is 22.7 Å². The third-order valence-corrected chi connectivity index (χ3v) is 3.08. The molecule has 96 valence electrons. The molecule has 0 saturated heterocycles. The lowest BCUT2D eigenvalue weighted by Crippen LogP contribution is -2.02. The second kappa shape index (κ2) is 4.65. The van der Waals surface area contributed by atoms with Crippen molar-refractivity contribution in [3.8, 4) is 5.75 Å². The molecule has 2 aromatic heterocycles. The van der Waals surface area contributed by atoms with Crippen molar-refractivity contribution >= 4 is 11.2 Å². The Labute approximate surface area is 111 Å². The number of anilines is 1. The predicted molar refractivity (Wildman–Crippen MR) is 75.1 cm³/mol. The number of nitrogens with two attached hydrogens (primary N) is 1. The first-order valence-electron chi connectivity index (χ1n) is 6.14. The van der Waals surface area contributed by atoms with Gasteiger partial charge in [-0.15, -0.1) is 0 Å². The number of rotatable bonds is 3. The van der Waals surface area contributed by atoms with Gasteiger partial charge in [0, 0.05) is 11.9 Å². The fourth-order valence-electron chi connectivity index (χ4n) is 2.03. The molecule has 0 atom stereocenters. The Morgan fingerprint density at radius 1 is 1.21 bits per heavy atom. The maximum atomic E-state index is 5.80. The zero-order chi connectivity index (χ0) is 13.2. The molecule has 0 aliphatic carbocycles. The standard InChI is InChI=1S/C15H15N3O/c1-11-4-2-3-5-14(11)19-10-15-17-8-13-7-6-12(16)9-18(13)15/h2-9H,10,16H2,1H3. The van der Waals surface area contributed by atoms with Gasteiger partial charge >= 0.3 is 0 Å². The van der Waals surface area contributed by atoms with Gasteiger partial charge in [0.1, 0.15) is 12.4 Å². The first-order chi connectivity index (χ1) is 9.24. The van der Waals surface area contributed by atoms with Gasteiger partial charge in [-0.25, -0.2) is 4.98 Å². The average Bonchev–Trinajstić information content (AvgIpc) is 2.80. The van der Waals surface area contributed by atoms with Crippen molar-refractivity contribution in [2.75, 3.05) is 5.73 Å². The van der Waals surface area contributed by atoms with Crippen LogP contribution in [0.1, 0.15) is 11.4 Å². The van der Waals surface area contributed by atoms with Crippen LogP contribution in [0.15, 0.2) is 48.8 Å². The number of para-hydroxylation sites is 1. The number of nitrogens with zero attached hydrogens (tertiary/aromatic N) is 2. The highest BCUT2D eigenvalue weighted by Crippen LogP contribution is 2.18. The molecule has 4 heteroatoms. The van der Waals surface area contributed by atoms with Crippen molar-refractivity contribution in [1.29, 1.82) is 0 Å². The lowest BCUT2D eigenvalue weighted by atomic mass is 10.2. The lowest BCUT2D eigenvalue weighted by Gasteiger charge is -2.08. The number of benzene rings is 1. The maximum absolute atomic E-state index is 5.80. The highest BCUT2D eigenvalue weighted by Gasteiger charge is 2.05. The normalized spacial score (nSPS) is 10.8. The Kier molecular flexibility index (Phi) is 2.83. The van der Waals surface area contributed by atoms with Crippen molar-refractivity contribution in [1.82, 2.24) is 9.38 Å². The smallest absolute Gasteiger partial charge is 0.151 e. The molecular weight excluding hydrogens is 238 g/mol. The molecule has 3 aromatic rings. The molecule has 0 aliphatic rings. The summed E-state index contributed by atoms with van der Waals surface area (Å²) in [5.41, 5.74) is 8.63. The van der Waals surface area contributed by atoms with Gasteiger partial charge in [0.15, 0.2) is 5.82 Å². The van der Waals surface area contributed by atoms with Gasteiger partial charge in [0.25, 0.3) is 0 Å². The molecule has 0 radical (unpaired) electrons. The van der Waals surface area contributed by atoms with Crippen molar-refractivity contribution in [2.45, 2.75) is 13.5 Å². The summed E-state index contributed by atoms with van der Waals surface area (Å²) in [6.07, 6.45) is 3.68. The molecule has 3 rings (SSSR count). The Bertz CT molecular complexity index is 718. The van der Waals surface area contributed by atoms with E-state index in [4.69, 9.17) is 10.5 Å². The Morgan fingerprint density at radius 3 is 2.89 bits per heavy atom. The number of hydrogen-bond acceptors (Lipinski definition) is 3. The summed E-state index contributed by atoms with van der Waals surface area (Å²) in [4.78, 5) is 4.36. The number of ether oxygens (including phenoxy) is 1. The van der Waals surface area contributed by atoms with E-state index < -0.39 is 0 Å². The summed E-state index contributed by atoms with van der Waals surface area (Å²) < 4.78 is 7.76. The van der Waals surface area contributed by atoms with Crippen LogP contribution in [0.25, 0.3) is 5.52 Å². The number of hydrogen-bond donors (Lipinski definition) is 1. The van der Waals surface area contributed by atoms with Gasteiger partial charge in [-0.2, -0.15) is 0 Å². The second-order valence-electron chi connectivity index (χ2n) is 4.49. The topological polar surface area (TPSA) is 52.5 Å². The first-order valence-corrected chi connectivity index (χ1v) is 6.14. The van der Waals surface area contributed by atoms with Crippen LogP contribution in [-0.2, 0) is 6.61 Å². The van der Waals surface area contributed by atoms with Crippen LogP contribution in [0.4, 0.5) is 5.69 Å². The molecular formula is C15H15N3O. The zero-order valence-electron chi connectivity index (χ0n) is 10.7. The summed E-state index contributed by atoms with van der Waals surface area (Å²) >= 11 is 0. The highest BCUT2D eigenvalue weighted by molar-refractivity contribution is 5.52. The van der Waals surface area contributed by atoms with E-state index in [1.54, 1.807) is 0 Å². The molecule has 0 unspecified atom stereocenters. The number of fused-ring (bicyclic) bond motifs is 1. The first kappa shape index (κ1) is 11.6. The Balaban J connectivity index is 1.86. The largest absolute Gasteiger partial charge is 0.485 e. The average molecular weight is 253 g/mol. The van der Waals surface area contributed by atoms with Crippen molar-refractivity contribution < 1.29 is 4.74 Å². The molecule has 2 heterocycles. The van der Waals surface area contributed by atoms with Gasteiger partial charge in [0.2, 0.25) is 0 Å². The van der Waals surface area contributed by atoms with E-state index in [1.165, 1.54) is 0 Å². The Morgan fingerprint density at radius 2 is 2.05 bits per heavy atom. The monoisotopic (exact) mass is 253 g/mol. The van der Waals surface area contributed by atoms with Gasteiger partial charge in [-0.1, -0.05) is 18.2 Å². The minimum Gasteiger partial charge on any atom is -0.485 e. The van der Waals surface area contributed by atoms with E-state index >= 15 is 0 Å². The summed E-state index contributed by atoms with van der Waals surface area (Å²) in [7, 11) is 0. The van der Waals surface area contributed by atoms with Gasteiger partial charge in [0.05, 0.1) is 11.7 Å². The zero-order valence-corrected chi connectivity index (χ0v) is 10.7. The quantitative estimate of drug-likeness (QED) is 0.781. The van der Waals surface area contributed by atoms with Crippen LogP contribution < -0.4 is 10.5 Å². The molecule has 2 N–H and O–H groups in total. The van der Waals surface area contributed by atoms with Gasteiger partial charge < -0.3 is 10.5 Å². The second-order valence-corrected chi connectivity index (χ2v) is 4.49. The van der Waals surface area contributed by atoms with Crippen LogP contribution in [-0.4, -0.2) is 9.38 Å². The number of aryl methyl sites for hydroxylation is 1. The molecule has 0 amide bonds. The fourth-order valence-corrected chi connectivity index (χ4v) is 2.03. The van der Waals surface area contributed by atoms with E-state index in [1.807, 2.05) is 60.1 Å². The van der Waals surface area contributed by atoms with Crippen LogP contribution in [0.2, 0.25) is 0 Å². The van der Waals surface area contributed by atoms with Crippen LogP contribution in [0.3, 0.4) is 0 Å². The number of imidazole rings is 1. The van der Waals surface area contributed by atoms with Crippen LogP contribution >= 0.6 is 0 Å². The van der Waals surface area contributed by atoms with E-state index in [-0.39, 0.29) is 0 Å². The molecule has 0 bridgehead atoms. The van der Waals surface area contributed by atoms with Crippen LogP contribution in [0.5, 0.6) is 5.75 Å². The van der Waals surface area contributed by atoms with Crippen molar-refractivity contribution in [3.63, 3.8) is 0 Å². The highest BCUT2D eigenvalue weighted by atomic mass is 16.5. The van der Waals surface area contributed by atoms with Crippen molar-refractivity contribution in [3.05, 3.63) is 60.2 Å². The number of nitrogen functional groups attached to an aromatic ring is 1. The molecule has 1 aromatic carbocycles. The van der Waals surface area contributed by atoms with E-state index in [2.05, 4.69) is 4.98 Å². The van der Waals surface area contributed by atoms with Gasteiger partial charge in [-0.3, -0.25) is 4.40 Å². The summed E-state index contributed by atoms with van der Waals surface area (Å²) in [5.74, 6) is 1.72. The summed E-state index contributed by atoms with van der Waals surface area (Å²) in [6, 6.07) is 11.7. The van der Waals surface area contributed by atoms with E-state index in [9.17, 15) is 0 Å². The minimum atomic E-state index is 0.419. The van der Waals surface area contributed by atoms with Gasteiger partial charge in [-0.05, 0) is 30.7 Å². The molecule has 0 fully saturated rings. The third kappa shape index (κ3) is 2.25. The SMILES string of the molecule is Cc1ccccc1OCc1ncc2ccc(N)cn12. The molecule has 19 heavy (non-hydrogen) atoms. The number of aromatic nitrogens is 2.